The van der Waals surface area contributed by atoms with Crippen LogP contribution in [0.25, 0.3) is 0 Å². The lowest BCUT2D eigenvalue weighted by Crippen LogP contribution is -2.42. The van der Waals surface area contributed by atoms with E-state index in [1.54, 1.807) is 0 Å². The normalized spacial score (nSPS) is 22.2. The lowest BCUT2D eigenvalue weighted by Gasteiger charge is -2.28. The van der Waals surface area contributed by atoms with Crippen LogP contribution in [0.5, 0.6) is 0 Å². The summed E-state index contributed by atoms with van der Waals surface area (Å²) in [4.78, 5) is 2.13. The molecule has 0 spiro atoms. The summed E-state index contributed by atoms with van der Waals surface area (Å²) >= 11 is 0. The van der Waals surface area contributed by atoms with Crippen molar-refractivity contribution in [3.8, 4) is 0 Å². The average Bonchev–Trinajstić information content (AvgIpc) is 2.30. The molecule has 1 unspecified atom stereocenters. The van der Waals surface area contributed by atoms with Gasteiger partial charge in [0.15, 0.2) is 16.1 Å². The fourth-order valence-corrected chi connectivity index (χ4v) is 3.15. The van der Waals surface area contributed by atoms with Gasteiger partial charge in [0.1, 0.15) is 0 Å². The monoisotopic (exact) mass is 279 g/mol. The maximum absolute atomic E-state index is 11.3. The Balaban J connectivity index is 2.21. The molecule has 0 aliphatic carbocycles. The molecule has 0 aromatic heterocycles. The van der Waals surface area contributed by atoms with Gasteiger partial charge < -0.3 is 9.47 Å². The van der Waals surface area contributed by atoms with E-state index in [9.17, 15) is 8.42 Å². The zero-order valence-corrected chi connectivity index (χ0v) is 12.4. The standard InChI is InChI=1S/C12H25NO4S/c1-4-16-12(11(2)3)17-8-5-13-6-9-18(14,15)10-7-13/h11-12H,4-10H2,1-3H3. The molecule has 1 aliphatic heterocycles. The van der Waals surface area contributed by atoms with Crippen LogP contribution in [0.4, 0.5) is 0 Å². The quantitative estimate of drug-likeness (QED) is 0.644. The average molecular weight is 279 g/mol. The molecular weight excluding hydrogens is 254 g/mol. The van der Waals surface area contributed by atoms with Gasteiger partial charge in [-0.25, -0.2) is 8.42 Å². The third-order valence-corrected chi connectivity index (χ3v) is 4.61. The molecular formula is C12H25NO4S. The first-order valence-electron chi connectivity index (χ1n) is 6.60. The Morgan fingerprint density at radius 1 is 1.17 bits per heavy atom. The fraction of sp³-hybridized carbons (Fsp3) is 1.00. The minimum absolute atomic E-state index is 0.163. The number of ether oxygens (including phenoxy) is 2. The summed E-state index contributed by atoms with van der Waals surface area (Å²) in [5.74, 6) is 0.865. The largest absolute Gasteiger partial charge is 0.353 e. The first kappa shape index (κ1) is 15.9. The Morgan fingerprint density at radius 3 is 2.28 bits per heavy atom. The summed E-state index contributed by atoms with van der Waals surface area (Å²) in [7, 11) is -2.79. The minimum Gasteiger partial charge on any atom is -0.353 e. The molecule has 1 aliphatic rings. The highest BCUT2D eigenvalue weighted by molar-refractivity contribution is 7.91. The van der Waals surface area contributed by atoms with Gasteiger partial charge in [-0.2, -0.15) is 0 Å². The summed E-state index contributed by atoms with van der Waals surface area (Å²) < 4.78 is 33.7. The fourth-order valence-electron chi connectivity index (χ4n) is 1.87. The molecule has 1 atom stereocenters. The lowest BCUT2D eigenvalue weighted by atomic mass is 10.2. The van der Waals surface area contributed by atoms with Crippen LogP contribution in [-0.2, 0) is 19.3 Å². The van der Waals surface area contributed by atoms with Gasteiger partial charge in [0.05, 0.1) is 18.1 Å². The van der Waals surface area contributed by atoms with Gasteiger partial charge in [-0.3, -0.25) is 4.90 Å². The highest BCUT2D eigenvalue weighted by Crippen LogP contribution is 2.09. The van der Waals surface area contributed by atoms with Gasteiger partial charge in [-0.1, -0.05) is 13.8 Å². The molecule has 0 bridgehead atoms. The van der Waals surface area contributed by atoms with E-state index in [1.807, 2.05) is 6.92 Å². The molecule has 18 heavy (non-hydrogen) atoms. The van der Waals surface area contributed by atoms with Crippen molar-refractivity contribution in [3.05, 3.63) is 0 Å². The molecule has 0 radical (unpaired) electrons. The van der Waals surface area contributed by atoms with E-state index in [0.29, 0.717) is 32.2 Å². The summed E-state index contributed by atoms with van der Waals surface area (Å²) in [5.41, 5.74) is 0. The maximum Gasteiger partial charge on any atom is 0.159 e. The van der Waals surface area contributed by atoms with Crippen LogP contribution in [0.15, 0.2) is 0 Å². The van der Waals surface area contributed by atoms with Gasteiger partial charge in [0.2, 0.25) is 0 Å². The molecule has 0 aromatic carbocycles. The minimum atomic E-state index is -2.79. The van der Waals surface area contributed by atoms with Crippen LogP contribution in [0.2, 0.25) is 0 Å². The first-order chi connectivity index (χ1) is 8.44. The Bertz CT molecular complexity index is 315. The van der Waals surface area contributed by atoms with Crippen molar-refractivity contribution in [1.29, 1.82) is 0 Å². The van der Waals surface area contributed by atoms with Crippen molar-refractivity contribution >= 4 is 9.84 Å². The van der Waals surface area contributed by atoms with Gasteiger partial charge in [0.25, 0.3) is 0 Å². The smallest absolute Gasteiger partial charge is 0.159 e. The van der Waals surface area contributed by atoms with Crippen LogP contribution in [0.3, 0.4) is 0 Å². The Labute approximate surface area is 110 Å². The van der Waals surface area contributed by atoms with Crippen LogP contribution in [0.1, 0.15) is 20.8 Å². The van der Waals surface area contributed by atoms with Crippen LogP contribution >= 0.6 is 0 Å². The molecule has 1 heterocycles. The molecule has 0 amide bonds. The van der Waals surface area contributed by atoms with Crippen molar-refractivity contribution in [2.75, 3.05) is 44.4 Å². The van der Waals surface area contributed by atoms with Gasteiger partial charge in [-0.05, 0) is 6.92 Å². The predicted octanol–water partition coefficient (Wildman–Crippen LogP) is 0.752. The second-order valence-corrected chi connectivity index (χ2v) is 7.24. The molecule has 1 saturated heterocycles. The number of rotatable bonds is 7. The SMILES string of the molecule is CCOC(OCCN1CCS(=O)(=O)CC1)C(C)C. The van der Waals surface area contributed by atoms with E-state index in [1.165, 1.54) is 0 Å². The molecule has 0 saturated carbocycles. The Hall–Kier alpha value is -0.170. The summed E-state index contributed by atoms with van der Waals surface area (Å²) in [5, 5.41) is 0. The summed E-state index contributed by atoms with van der Waals surface area (Å²) in [6.07, 6.45) is -0.163. The van der Waals surface area contributed by atoms with E-state index in [2.05, 4.69) is 18.7 Å². The molecule has 108 valence electrons. The molecule has 1 rings (SSSR count). The maximum atomic E-state index is 11.3. The van der Waals surface area contributed by atoms with Crippen molar-refractivity contribution in [3.63, 3.8) is 0 Å². The first-order valence-corrected chi connectivity index (χ1v) is 8.42. The van der Waals surface area contributed by atoms with Gasteiger partial charge in [0, 0.05) is 32.2 Å². The number of hydrogen-bond acceptors (Lipinski definition) is 5. The van der Waals surface area contributed by atoms with Gasteiger partial charge in [-0.15, -0.1) is 0 Å². The number of nitrogens with zero attached hydrogens (tertiary/aromatic N) is 1. The van der Waals surface area contributed by atoms with Crippen LogP contribution < -0.4 is 0 Å². The number of hydrogen-bond donors (Lipinski definition) is 0. The van der Waals surface area contributed by atoms with E-state index < -0.39 is 9.84 Å². The van der Waals surface area contributed by atoms with Crippen molar-refractivity contribution in [2.45, 2.75) is 27.1 Å². The van der Waals surface area contributed by atoms with E-state index in [4.69, 9.17) is 9.47 Å². The zero-order chi connectivity index (χ0) is 13.6. The highest BCUT2D eigenvalue weighted by atomic mass is 32.2. The van der Waals surface area contributed by atoms with Crippen LogP contribution in [-0.4, -0.2) is 64.0 Å². The van der Waals surface area contributed by atoms with E-state index in [-0.39, 0.29) is 17.8 Å². The highest BCUT2D eigenvalue weighted by Gasteiger charge is 2.21. The molecule has 5 nitrogen and oxygen atoms in total. The molecule has 0 N–H and O–H groups in total. The second-order valence-electron chi connectivity index (χ2n) is 4.93. The lowest BCUT2D eigenvalue weighted by molar-refractivity contribution is -0.164. The van der Waals surface area contributed by atoms with E-state index >= 15 is 0 Å². The molecule has 6 heteroatoms. The predicted molar refractivity (Wildman–Crippen MR) is 71.3 cm³/mol. The summed E-state index contributed by atoms with van der Waals surface area (Å²) in [6, 6.07) is 0. The zero-order valence-electron chi connectivity index (χ0n) is 11.6. The second kappa shape index (κ2) is 7.43. The third-order valence-electron chi connectivity index (χ3n) is 3.00. The molecule has 0 aromatic rings. The Kier molecular flexibility index (Phi) is 6.55. The van der Waals surface area contributed by atoms with Crippen LogP contribution in [0, 0.1) is 5.92 Å². The van der Waals surface area contributed by atoms with Crippen molar-refractivity contribution in [2.24, 2.45) is 5.92 Å². The number of sulfone groups is 1. The third kappa shape index (κ3) is 5.65. The van der Waals surface area contributed by atoms with Crippen molar-refractivity contribution < 1.29 is 17.9 Å². The summed E-state index contributed by atoms with van der Waals surface area (Å²) in [6.45, 7) is 9.31. The topological polar surface area (TPSA) is 55.8 Å². The molecule has 1 fully saturated rings. The van der Waals surface area contributed by atoms with Crippen molar-refractivity contribution in [1.82, 2.24) is 4.90 Å². The van der Waals surface area contributed by atoms with E-state index in [0.717, 1.165) is 6.54 Å². The van der Waals surface area contributed by atoms with Gasteiger partial charge >= 0.3 is 0 Å². The Morgan fingerprint density at radius 2 is 1.78 bits per heavy atom.